The van der Waals surface area contributed by atoms with Crippen molar-refractivity contribution in [3.8, 4) is 0 Å². The van der Waals surface area contributed by atoms with E-state index in [2.05, 4.69) is 6.92 Å². The Morgan fingerprint density at radius 2 is 1.17 bits per heavy atom. The van der Waals surface area contributed by atoms with Gasteiger partial charge in [-0.15, -0.1) is 0 Å². The molecule has 0 heterocycles. The van der Waals surface area contributed by atoms with E-state index in [9.17, 15) is 39.5 Å². The quantitative estimate of drug-likeness (QED) is 0.143. The number of quaternary nitrogens is 1. The van der Waals surface area contributed by atoms with Crippen LogP contribution in [0, 0.1) is 0 Å². The largest absolute Gasteiger partial charge is 0.460 e. The third-order valence-corrected chi connectivity index (χ3v) is 5.69. The lowest BCUT2D eigenvalue weighted by Crippen LogP contribution is -2.60. The van der Waals surface area contributed by atoms with Crippen LogP contribution in [0.25, 0.3) is 0 Å². The zero-order valence-electron chi connectivity index (χ0n) is 17.0. The van der Waals surface area contributed by atoms with Gasteiger partial charge < -0.3 is 4.48 Å². The molecule has 0 rings (SSSR count). The molecule has 29 heavy (non-hydrogen) atoms. The minimum atomic E-state index is -6.80. The molecule has 0 aliphatic heterocycles. The van der Waals surface area contributed by atoms with E-state index in [1.807, 2.05) is 14.1 Å². The molecule has 0 aromatic heterocycles. The minimum absolute atomic E-state index is 0.306. The Morgan fingerprint density at radius 3 is 1.69 bits per heavy atom. The third-order valence-electron chi connectivity index (χ3n) is 4.73. The Balaban J connectivity index is 4.35. The normalized spacial score (nSPS) is 14.5. The maximum atomic E-state index is 13.4. The Kier molecular flexibility index (Phi) is 11.2. The number of alkyl halides is 9. The van der Waals surface area contributed by atoms with Crippen molar-refractivity contribution in [2.75, 3.05) is 38.7 Å². The molecule has 0 saturated heterocycles. The van der Waals surface area contributed by atoms with Crippen LogP contribution in [0.5, 0.6) is 0 Å². The summed E-state index contributed by atoms with van der Waals surface area (Å²) in [5.74, 6) is -19.1. The van der Waals surface area contributed by atoms with Gasteiger partial charge in [-0.05, 0) is 18.6 Å². The maximum absolute atomic E-state index is 13.4. The van der Waals surface area contributed by atoms with Gasteiger partial charge in [-0.25, -0.2) is 0 Å². The first-order valence-electron chi connectivity index (χ1n) is 9.62. The van der Waals surface area contributed by atoms with Crippen LogP contribution in [0.15, 0.2) is 0 Å². The molecule has 0 saturated carbocycles. The Bertz CT molecular complexity index is 465. The standard InChI is InChI=1S/C18H31F9NS/c1-4-5-6-7-8-9-11-28(2,3)12-14-29-13-10-15(19,20)16(21,22)17(23,24)18(25,26)27/h4-14H2,1-3H3/q+1. The van der Waals surface area contributed by atoms with E-state index in [0.717, 1.165) is 44.0 Å². The first kappa shape index (κ1) is 28.7. The molecule has 0 unspecified atom stereocenters. The molecule has 0 atom stereocenters. The summed E-state index contributed by atoms with van der Waals surface area (Å²) in [7, 11) is 3.86. The van der Waals surface area contributed by atoms with Crippen molar-refractivity contribution in [2.45, 2.75) is 75.8 Å². The maximum Gasteiger partial charge on any atom is 0.460 e. The molecule has 0 aromatic carbocycles. The van der Waals surface area contributed by atoms with Crippen LogP contribution in [0.2, 0.25) is 0 Å². The van der Waals surface area contributed by atoms with Gasteiger partial charge in [0.15, 0.2) is 0 Å². The van der Waals surface area contributed by atoms with Gasteiger partial charge in [-0.2, -0.15) is 51.3 Å². The predicted octanol–water partition coefficient (Wildman–Crippen LogP) is 7.01. The van der Waals surface area contributed by atoms with Crippen LogP contribution in [-0.2, 0) is 0 Å². The summed E-state index contributed by atoms with van der Waals surface area (Å²) in [5, 5.41) is 0. The Labute approximate surface area is 171 Å². The number of unbranched alkanes of at least 4 members (excludes halogenated alkanes) is 5. The Morgan fingerprint density at radius 1 is 0.655 bits per heavy atom. The molecule has 0 bridgehead atoms. The van der Waals surface area contributed by atoms with E-state index in [1.54, 1.807) is 0 Å². The summed E-state index contributed by atoms with van der Waals surface area (Å²) in [6, 6.07) is 0. The van der Waals surface area contributed by atoms with Gasteiger partial charge in [0.1, 0.15) is 0 Å². The number of rotatable bonds is 15. The van der Waals surface area contributed by atoms with Crippen molar-refractivity contribution in [2.24, 2.45) is 0 Å². The molecular weight excluding hydrogens is 433 g/mol. The number of thioether (sulfide) groups is 1. The second-order valence-electron chi connectivity index (χ2n) is 7.86. The fourth-order valence-corrected chi connectivity index (χ4v) is 3.84. The first-order valence-corrected chi connectivity index (χ1v) is 10.8. The summed E-state index contributed by atoms with van der Waals surface area (Å²) >= 11 is 0.836. The van der Waals surface area contributed by atoms with E-state index < -0.39 is 36.1 Å². The fourth-order valence-electron chi connectivity index (χ4n) is 2.61. The second kappa shape index (κ2) is 11.3. The van der Waals surface area contributed by atoms with Crippen molar-refractivity contribution in [3.05, 3.63) is 0 Å². The SMILES string of the molecule is CCCCCCCC[N+](C)(C)CCSCCC(F)(F)C(F)(F)C(F)(F)C(F)(F)F. The van der Waals surface area contributed by atoms with Crippen LogP contribution in [0.4, 0.5) is 39.5 Å². The predicted molar refractivity (Wildman–Crippen MR) is 98.1 cm³/mol. The first-order chi connectivity index (χ1) is 13.0. The number of halogens is 9. The average molecular weight is 465 g/mol. The molecule has 1 nitrogen and oxygen atoms in total. The fraction of sp³-hybridized carbons (Fsp3) is 1.00. The second-order valence-corrected chi connectivity index (χ2v) is 9.09. The van der Waals surface area contributed by atoms with Gasteiger partial charge in [-0.3, -0.25) is 0 Å². The summed E-state index contributed by atoms with van der Waals surface area (Å²) in [6.45, 7) is 3.51. The molecule has 176 valence electrons. The van der Waals surface area contributed by atoms with Crippen molar-refractivity contribution in [1.29, 1.82) is 0 Å². The van der Waals surface area contributed by atoms with Gasteiger partial charge in [0.25, 0.3) is 0 Å². The van der Waals surface area contributed by atoms with E-state index in [1.165, 1.54) is 12.8 Å². The zero-order chi connectivity index (χ0) is 23.0. The highest BCUT2D eigenvalue weighted by Crippen LogP contribution is 2.54. The third kappa shape index (κ3) is 8.75. The lowest BCUT2D eigenvalue weighted by atomic mass is 10.0. The molecule has 11 heteroatoms. The van der Waals surface area contributed by atoms with Gasteiger partial charge in [-0.1, -0.05) is 32.6 Å². The molecule has 0 aromatic rings. The van der Waals surface area contributed by atoms with E-state index >= 15 is 0 Å². The molecule has 0 spiro atoms. The zero-order valence-corrected chi connectivity index (χ0v) is 17.9. The van der Waals surface area contributed by atoms with E-state index in [-0.39, 0.29) is 0 Å². The minimum Gasteiger partial charge on any atom is -0.328 e. The molecule has 0 fully saturated rings. The van der Waals surface area contributed by atoms with Crippen LogP contribution in [0.3, 0.4) is 0 Å². The number of nitrogens with zero attached hydrogens (tertiary/aromatic N) is 1. The summed E-state index contributed by atoms with van der Waals surface area (Å²) in [5.41, 5.74) is 0. The van der Waals surface area contributed by atoms with Crippen LogP contribution >= 0.6 is 11.8 Å². The highest BCUT2D eigenvalue weighted by Gasteiger charge is 2.81. The van der Waals surface area contributed by atoms with Crippen LogP contribution in [0.1, 0.15) is 51.9 Å². The Hall–Kier alpha value is -0.320. The molecule has 0 aliphatic carbocycles. The molecule has 0 aliphatic rings. The molecule has 0 N–H and O–H groups in total. The van der Waals surface area contributed by atoms with Gasteiger partial charge >= 0.3 is 23.9 Å². The van der Waals surface area contributed by atoms with Crippen molar-refractivity contribution < 1.29 is 44.0 Å². The topological polar surface area (TPSA) is 0 Å². The molecular formula is C18H31F9NS+. The lowest BCUT2D eigenvalue weighted by molar-refractivity contribution is -0.888. The van der Waals surface area contributed by atoms with E-state index in [4.69, 9.17) is 0 Å². The van der Waals surface area contributed by atoms with Crippen molar-refractivity contribution in [3.63, 3.8) is 0 Å². The number of hydrogen-bond acceptors (Lipinski definition) is 1. The monoisotopic (exact) mass is 464 g/mol. The lowest BCUT2D eigenvalue weighted by Gasteiger charge is -2.33. The van der Waals surface area contributed by atoms with Gasteiger partial charge in [0.05, 0.1) is 27.2 Å². The number of hydrogen-bond donors (Lipinski definition) is 0. The highest BCUT2D eigenvalue weighted by atomic mass is 32.2. The van der Waals surface area contributed by atoms with Gasteiger partial charge in [0, 0.05) is 12.2 Å². The van der Waals surface area contributed by atoms with E-state index in [0.29, 0.717) is 16.8 Å². The van der Waals surface area contributed by atoms with Gasteiger partial charge in [0.2, 0.25) is 0 Å². The molecule has 0 radical (unpaired) electrons. The van der Waals surface area contributed by atoms with Crippen molar-refractivity contribution >= 4 is 11.8 Å². The molecule has 0 amide bonds. The summed E-state index contributed by atoms with van der Waals surface area (Å²) in [6.07, 6.45) is -1.82. The highest BCUT2D eigenvalue weighted by molar-refractivity contribution is 7.99. The summed E-state index contributed by atoms with van der Waals surface area (Å²) < 4.78 is 116. The summed E-state index contributed by atoms with van der Waals surface area (Å²) in [4.78, 5) is 0. The van der Waals surface area contributed by atoms with Crippen molar-refractivity contribution in [1.82, 2.24) is 0 Å². The smallest absolute Gasteiger partial charge is 0.328 e. The average Bonchev–Trinajstić information content (AvgIpc) is 2.56. The van der Waals surface area contributed by atoms with Crippen LogP contribution in [-0.4, -0.2) is 67.1 Å². The van der Waals surface area contributed by atoms with Crippen LogP contribution < -0.4 is 0 Å².